The number of fused-ring (bicyclic) bond motifs is 5. The normalized spacial score (nSPS) is 12.0. The lowest BCUT2D eigenvalue weighted by molar-refractivity contribution is 1.18. The van der Waals surface area contributed by atoms with Crippen LogP contribution in [0.25, 0.3) is 38.0 Å². The van der Waals surface area contributed by atoms with E-state index >= 15 is 0 Å². The SMILES string of the molecule is O=c1ccc2cc3cnccc3c3c4ccccc4n1c23. The van der Waals surface area contributed by atoms with Crippen molar-refractivity contribution in [1.29, 1.82) is 0 Å². The number of benzene rings is 2. The van der Waals surface area contributed by atoms with Gasteiger partial charge >= 0.3 is 0 Å². The molecule has 0 atom stereocenters. The second-order valence-corrected chi connectivity index (χ2v) is 5.31. The Hall–Kier alpha value is -2.94. The van der Waals surface area contributed by atoms with Gasteiger partial charge in [-0.05, 0) is 29.7 Å². The Bertz CT molecular complexity index is 1200. The van der Waals surface area contributed by atoms with Crippen molar-refractivity contribution in [2.75, 3.05) is 0 Å². The summed E-state index contributed by atoms with van der Waals surface area (Å²) in [5.41, 5.74) is 1.98. The molecule has 0 saturated carbocycles. The molecule has 0 aliphatic carbocycles. The van der Waals surface area contributed by atoms with Crippen molar-refractivity contribution >= 4 is 38.0 Å². The molecule has 3 heteroatoms. The van der Waals surface area contributed by atoms with Gasteiger partial charge in [0, 0.05) is 40.0 Å². The molecule has 0 radical (unpaired) electrons. The van der Waals surface area contributed by atoms with Crippen LogP contribution in [-0.4, -0.2) is 9.38 Å². The van der Waals surface area contributed by atoms with E-state index in [0.717, 1.165) is 38.0 Å². The van der Waals surface area contributed by atoms with Crippen LogP contribution in [0.15, 0.2) is 65.7 Å². The fourth-order valence-corrected chi connectivity index (χ4v) is 3.36. The smallest absolute Gasteiger partial charge is 0.255 e. The molecule has 3 heterocycles. The van der Waals surface area contributed by atoms with Gasteiger partial charge in [0.1, 0.15) is 0 Å². The first-order valence-corrected chi connectivity index (χ1v) is 6.87. The molecule has 0 fully saturated rings. The number of para-hydroxylation sites is 1. The second kappa shape index (κ2) is 3.58. The van der Waals surface area contributed by atoms with E-state index in [1.165, 1.54) is 0 Å². The van der Waals surface area contributed by atoms with Crippen LogP contribution < -0.4 is 5.56 Å². The minimum absolute atomic E-state index is 0.0158. The van der Waals surface area contributed by atoms with Crippen LogP contribution in [-0.2, 0) is 0 Å². The van der Waals surface area contributed by atoms with Gasteiger partial charge in [-0.25, -0.2) is 0 Å². The van der Waals surface area contributed by atoms with E-state index in [4.69, 9.17) is 0 Å². The molecule has 0 amide bonds. The average molecular weight is 270 g/mol. The molecule has 21 heavy (non-hydrogen) atoms. The highest BCUT2D eigenvalue weighted by molar-refractivity contribution is 6.25. The lowest BCUT2D eigenvalue weighted by Crippen LogP contribution is -2.09. The van der Waals surface area contributed by atoms with Crippen molar-refractivity contribution in [1.82, 2.24) is 9.38 Å². The average Bonchev–Trinajstić information content (AvgIpc) is 2.88. The maximum absolute atomic E-state index is 12.3. The van der Waals surface area contributed by atoms with E-state index in [0.29, 0.717) is 0 Å². The summed E-state index contributed by atoms with van der Waals surface area (Å²) < 4.78 is 1.82. The molecule has 0 spiro atoms. The summed E-state index contributed by atoms with van der Waals surface area (Å²) in [6, 6.07) is 15.7. The molecule has 2 aromatic carbocycles. The maximum Gasteiger partial charge on any atom is 0.255 e. The van der Waals surface area contributed by atoms with Gasteiger partial charge in [0.15, 0.2) is 0 Å². The van der Waals surface area contributed by atoms with Crippen LogP contribution in [0.3, 0.4) is 0 Å². The lowest BCUT2D eigenvalue weighted by atomic mass is 10.0. The van der Waals surface area contributed by atoms with Crippen LogP contribution in [0.4, 0.5) is 0 Å². The summed E-state index contributed by atoms with van der Waals surface area (Å²) in [6.07, 6.45) is 3.68. The molecular weight excluding hydrogens is 260 g/mol. The molecule has 5 rings (SSSR count). The molecule has 3 aromatic heterocycles. The summed E-state index contributed by atoms with van der Waals surface area (Å²) in [5, 5.41) is 5.56. The molecule has 5 aromatic rings. The summed E-state index contributed by atoms with van der Waals surface area (Å²) in [4.78, 5) is 16.6. The van der Waals surface area contributed by atoms with Gasteiger partial charge < -0.3 is 0 Å². The maximum atomic E-state index is 12.3. The first kappa shape index (κ1) is 10.8. The first-order valence-electron chi connectivity index (χ1n) is 6.87. The minimum Gasteiger partial charge on any atom is -0.276 e. The summed E-state index contributed by atoms with van der Waals surface area (Å²) in [7, 11) is 0. The Morgan fingerprint density at radius 3 is 2.76 bits per heavy atom. The van der Waals surface area contributed by atoms with Gasteiger partial charge in [0.05, 0.1) is 11.0 Å². The Kier molecular flexibility index (Phi) is 1.84. The Labute approximate surface area is 119 Å². The van der Waals surface area contributed by atoms with E-state index < -0.39 is 0 Å². The summed E-state index contributed by atoms with van der Waals surface area (Å²) >= 11 is 0. The third-order valence-corrected chi connectivity index (χ3v) is 4.21. The van der Waals surface area contributed by atoms with Crippen molar-refractivity contribution in [3.8, 4) is 0 Å². The van der Waals surface area contributed by atoms with E-state index in [2.05, 4.69) is 17.1 Å². The van der Waals surface area contributed by atoms with E-state index in [-0.39, 0.29) is 5.56 Å². The predicted molar refractivity (Wildman–Crippen MR) is 85.2 cm³/mol. The topological polar surface area (TPSA) is 34.4 Å². The highest BCUT2D eigenvalue weighted by atomic mass is 16.1. The molecule has 0 unspecified atom stereocenters. The van der Waals surface area contributed by atoms with Crippen LogP contribution >= 0.6 is 0 Å². The van der Waals surface area contributed by atoms with Gasteiger partial charge in [0.25, 0.3) is 5.56 Å². The molecular formula is C18H10N2O. The van der Waals surface area contributed by atoms with Crippen molar-refractivity contribution in [2.45, 2.75) is 0 Å². The van der Waals surface area contributed by atoms with Crippen LogP contribution in [0.5, 0.6) is 0 Å². The first-order chi connectivity index (χ1) is 10.3. The number of aromatic nitrogens is 2. The fourth-order valence-electron chi connectivity index (χ4n) is 3.36. The highest BCUT2D eigenvalue weighted by Crippen LogP contribution is 2.35. The predicted octanol–water partition coefficient (Wildman–Crippen LogP) is 3.59. The largest absolute Gasteiger partial charge is 0.276 e. The molecule has 98 valence electrons. The third-order valence-electron chi connectivity index (χ3n) is 4.21. The van der Waals surface area contributed by atoms with E-state index in [1.807, 2.05) is 40.9 Å². The quantitative estimate of drug-likeness (QED) is 0.403. The Balaban J connectivity index is 2.33. The molecule has 3 nitrogen and oxygen atoms in total. The highest BCUT2D eigenvalue weighted by Gasteiger charge is 2.15. The third kappa shape index (κ3) is 1.23. The number of hydrogen-bond acceptors (Lipinski definition) is 2. The van der Waals surface area contributed by atoms with Crippen LogP contribution in [0.1, 0.15) is 0 Å². The van der Waals surface area contributed by atoms with Crippen LogP contribution in [0.2, 0.25) is 0 Å². The van der Waals surface area contributed by atoms with Gasteiger partial charge in [0.2, 0.25) is 0 Å². The number of pyridine rings is 2. The van der Waals surface area contributed by atoms with Crippen molar-refractivity contribution in [3.05, 3.63) is 71.3 Å². The Morgan fingerprint density at radius 2 is 1.81 bits per heavy atom. The second-order valence-electron chi connectivity index (χ2n) is 5.31. The molecule has 0 N–H and O–H groups in total. The molecule has 0 aliphatic heterocycles. The number of hydrogen-bond donors (Lipinski definition) is 0. The molecule has 0 bridgehead atoms. The van der Waals surface area contributed by atoms with Gasteiger partial charge in [-0.3, -0.25) is 14.2 Å². The van der Waals surface area contributed by atoms with Crippen molar-refractivity contribution in [2.24, 2.45) is 0 Å². The van der Waals surface area contributed by atoms with Crippen molar-refractivity contribution in [3.63, 3.8) is 0 Å². The van der Waals surface area contributed by atoms with Gasteiger partial charge in [-0.15, -0.1) is 0 Å². The number of rotatable bonds is 0. The monoisotopic (exact) mass is 270 g/mol. The zero-order chi connectivity index (χ0) is 14.0. The van der Waals surface area contributed by atoms with Crippen molar-refractivity contribution < 1.29 is 0 Å². The minimum atomic E-state index is 0.0158. The van der Waals surface area contributed by atoms with E-state index in [1.54, 1.807) is 12.3 Å². The summed E-state index contributed by atoms with van der Waals surface area (Å²) in [5.74, 6) is 0. The standard InChI is InChI=1S/C18H10N2O/c21-16-6-5-11-9-12-10-19-8-7-13(12)17-14-3-1-2-4-15(14)20(16)18(11)17/h1-10H. The fraction of sp³-hybridized carbons (Fsp3) is 0. The molecule has 0 saturated heterocycles. The molecule has 0 aliphatic rings. The number of nitrogens with zero attached hydrogens (tertiary/aromatic N) is 2. The Morgan fingerprint density at radius 1 is 0.905 bits per heavy atom. The van der Waals surface area contributed by atoms with E-state index in [9.17, 15) is 4.79 Å². The summed E-state index contributed by atoms with van der Waals surface area (Å²) in [6.45, 7) is 0. The van der Waals surface area contributed by atoms with Gasteiger partial charge in [-0.1, -0.05) is 18.2 Å². The van der Waals surface area contributed by atoms with Gasteiger partial charge in [-0.2, -0.15) is 0 Å². The zero-order valence-electron chi connectivity index (χ0n) is 11.1. The lowest BCUT2D eigenvalue weighted by Gasteiger charge is -2.04. The van der Waals surface area contributed by atoms with Crippen LogP contribution in [0, 0.1) is 0 Å². The zero-order valence-corrected chi connectivity index (χ0v) is 11.1.